The summed E-state index contributed by atoms with van der Waals surface area (Å²) in [7, 11) is 3.39. The van der Waals surface area contributed by atoms with E-state index in [1.54, 1.807) is 34.1 Å². The van der Waals surface area contributed by atoms with Crippen molar-refractivity contribution in [1.82, 2.24) is 4.90 Å². The van der Waals surface area contributed by atoms with Gasteiger partial charge in [-0.2, -0.15) is 0 Å². The van der Waals surface area contributed by atoms with Crippen LogP contribution < -0.4 is 4.74 Å². The predicted molar refractivity (Wildman–Crippen MR) is 116 cm³/mol. The summed E-state index contributed by atoms with van der Waals surface area (Å²) in [5, 5.41) is 11.0. The zero-order valence-corrected chi connectivity index (χ0v) is 18.0. The number of aliphatic hydroxyl groups is 1. The second kappa shape index (κ2) is 10.4. The van der Waals surface area contributed by atoms with Crippen LogP contribution in [-0.4, -0.2) is 37.4 Å². The maximum Gasteiger partial charge on any atom is 0.163 e. The zero-order chi connectivity index (χ0) is 21.4. The lowest BCUT2D eigenvalue weighted by atomic mass is 9.87. The molecule has 0 aliphatic heterocycles. The lowest BCUT2D eigenvalue weighted by Crippen LogP contribution is -2.27. The second-order valence-electron chi connectivity index (χ2n) is 7.41. The molecule has 0 radical (unpaired) electrons. The minimum atomic E-state index is -1.36. The van der Waals surface area contributed by atoms with E-state index in [1.165, 1.54) is 0 Å². The van der Waals surface area contributed by atoms with Crippen molar-refractivity contribution >= 4 is 0 Å². The standard InChI is InChI=1S/C24H33NO4/c1-18(2)24(26,19(3)4)23-13-12-21(29-23)17-25(14-9-15-27-5)16-20-10-7-8-11-22(20)28-6/h7-8,10-13,26H,1,3,9,14-17H2,2,4-6H3. The van der Waals surface area contributed by atoms with Crippen LogP contribution in [0.25, 0.3) is 0 Å². The van der Waals surface area contributed by atoms with Crippen LogP contribution in [0, 0.1) is 0 Å². The number of rotatable bonds is 12. The zero-order valence-electron chi connectivity index (χ0n) is 18.0. The van der Waals surface area contributed by atoms with Crippen molar-refractivity contribution in [1.29, 1.82) is 0 Å². The van der Waals surface area contributed by atoms with Gasteiger partial charge in [-0.3, -0.25) is 4.90 Å². The van der Waals surface area contributed by atoms with Crippen LogP contribution >= 0.6 is 0 Å². The summed E-state index contributed by atoms with van der Waals surface area (Å²) in [5.41, 5.74) is 0.912. The van der Waals surface area contributed by atoms with E-state index in [4.69, 9.17) is 13.9 Å². The third-order valence-electron chi connectivity index (χ3n) is 5.04. The Hall–Kier alpha value is -2.34. The molecule has 1 heterocycles. The first-order valence-electron chi connectivity index (χ1n) is 9.79. The first-order valence-corrected chi connectivity index (χ1v) is 9.79. The highest BCUT2D eigenvalue weighted by Crippen LogP contribution is 2.36. The van der Waals surface area contributed by atoms with Gasteiger partial charge in [0.2, 0.25) is 0 Å². The molecule has 0 fully saturated rings. The molecule has 2 rings (SSSR count). The van der Waals surface area contributed by atoms with Gasteiger partial charge in [0.1, 0.15) is 17.3 Å². The molecule has 0 atom stereocenters. The molecule has 0 unspecified atom stereocenters. The van der Waals surface area contributed by atoms with Gasteiger partial charge < -0.3 is 19.0 Å². The minimum absolute atomic E-state index is 0.446. The van der Waals surface area contributed by atoms with Crippen LogP contribution in [-0.2, 0) is 23.4 Å². The van der Waals surface area contributed by atoms with Crippen LogP contribution in [0.5, 0.6) is 5.75 Å². The number of hydrogen-bond acceptors (Lipinski definition) is 5. The van der Waals surface area contributed by atoms with Gasteiger partial charge in [0, 0.05) is 32.4 Å². The molecular formula is C24H33NO4. The number of para-hydroxylation sites is 1. The Balaban J connectivity index is 2.22. The van der Waals surface area contributed by atoms with Gasteiger partial charge in [0.25, 0.3) is 0 Å². The van der Waals surface area contributed by atoms with Gasteiger partial charge in [-0.05, 0) is 49.6 Å². The van der Waals surface area contributed by atoms with E-state index in [2.05, 4.69) is 24.1 Å². The molecular weight excluding hydrogens is 366 g/mol. The van der Waals surface area contributed by atoms with Crippen molar-refractivity contribution in [3.05, 3.63) is 77.8 Å². The molecule has 0 amide bonds. The molecule has 1 aromatic carbocycles. The van der Waals surface area contributed by atoms with E-state index < -0.39 is 5.60 Å². The maximum atomic E-state index is 11.0. The van der Waals surface area contributed by atoms with Crippen LogP contribution in [0.2, 0.25) is 0 Å². The van der Waals surface area contributed by atoms with Crippen molar-refractivity contribution in [2.45, 2.75) is 39.0 Å². The normalized spacial score (nSPS) is 11.7. The summed E-state index contributed by atoms with van der Waals surface area (Å²) < 4.78 is 16.7. The Morgan fingerprint density at radius 1 is 1.07 bits per heavy atom. The monoisotopic (exact) mass is 399 g/mol. The Kier molecular flexibility index (Phi) is 8.26. The van der Waals surface area contributed by atoms with Crippen LogP contribution in [0.3, 0.4) is 0 Å². The number of ether oxygens (including phenoxy) is 2. The lowest BCUT2D eigenvalue weighted by Gasteiger charge is -2.27. The SMILES string of the molecule is C=C(C)C(O)(C(=C)C)c1ccc(CN(CCCOC)Cc2ccccc2OC)o1. The number of nitrogens with zero attached hydrogens (tertiary/aromatic N) is 1. The van der Waals surface area contributed by atoms with Crippen molar-refractivity contribution in [3.8, 4) is 5.75 Å². The molecule has 5 nitrogen and oxygen atoms in total. The molecule has 5 heteroatoms. The van der Waals surface area contributed by atoms with Crippen LogP contribution in [0.15, 0.2) is 65.1 Å². The predicted octanol–water partition coefficient (Wildman–Crippen LogP) is 4.67. The Morgan fingerprint density at radius 3 is 2.38 bits per heavy atom. The van der Waals surface area contributed by atoms with E-state index in [-0.39, 0.29) is 0 Å². The fourth-order valence-corrected chi connectivity index (χ4v) is 3.38. The largest absolute Gasteiger partial charge is 0.496 e. The maximum absolute atomic E-state index is 11.0. The van der Waals surface area contributed by atoms with E-state index in [9.17, 15) is 5.11 Å². The topological polar surface area (TPSA) is 55.1 Å². The van der Waals surface area contributed by atoms with Gasteiger partial charge in [-0.25, -0.2) is 0 Å². The van der Waals surface area contributed by atoms with Crippen LogP contribution in [0.4, 0.5) is 0 Å². The fraction of sp³-hybridized carbons (Fsp3) is 0.417. The lowest BCUT2D eigenvalue weighted by molar-refractivity contribution is 0.0874. The van der Waals surface area contributed by atoms with Crippen molar-refractivity contribution < 1.29 is 19.0 Å². The van der Waals surface area contributed by atoms with E-state index in [0.29, 0.717) is 30.1 Å². The number of furan rings is 1. The van der Waals surface area contributed by atoms with E-state index >= 15 is 0 Å². The fourth-order valence-electron chi connectivity index (χ4n) is 3.38. The molecule has 0 bridgehead atoms. The van der Waals surface area contributed by atoms with Gasteiger partial charge in [0.05, 0.1) is 13.7 Å². The first-order chi connectivity index (χ1) is 13.8. The number of benzene rings is 1. The average Bonchev–Trinajstić information content (AvgIpc) is 3.16. The highest BCUT2D eigenvalue weighted by atomic mass is 16.5. The smallest absolute Gasteiger partial charge is 0.163 e. The molecule has 2 aromatic rings. The summed E-state index contributed by atoms with van der Waals surface area (Å²) in [4.78, 5) is 2.28. The molecule has 0 aliphatic carbocycles. The molecule has 0 spiro atoms. The highest BCUT2D eigenvalue weighted by molar-refractivity contribution is 5.35. The minimum Gasteiger partial charge on any atom is -0.496 e. The summed E-state index contributed by atoms with van der Waals surface area (Å²) in [6, 6.07) is 11.7. The third-order valence-corrected chi connectivity index (χ3v) is 5.04. The summed E-state index contributed by atoms with van der Waals surface area (Å²) in [6.07, 6.45) is 0.903. The van der Waals surface area contributed by atoms with Crippen molar-refractivity contribution in [3.63, 3.8) is 0 Å². The highest BCUT2D eigenvalue weighted by Gasteiger charge is 2.35. The first kappa shape index (κ1) is 22.9. The Bertz CT molecular complexity index is 810. The molecule has 0 aliphatic rings. The quantitative estimate of drug-likeness (QED) is 0.415. The van der Waals surface area contributed by atoms with Gasteiger partial charge in [0.15, 0.2) is 5.60 Å². The molecule has 0 saturated carbocycles. The summed E-state index contributed by atoms with van der Waals surface area (Å²) in [6.45, 7) is 14.2. The van der Waals surface area contributed by atoms with E-state index in [1.807, 2.05) is 24.3 Å². The summed E-state index contributed by atoms with van der Waals surface area (Å²) >= 11 is 0. The summed E-state index contributed by atoms with van der Waals surface area (Å²) in [5.74, 6) is 2.08. The molecule has 1 N–H and O–H groups in total. The van der Waals surface area contributed by atoms with Crippen molar-refractivity contribution in [2.24, 2.45) is 0 Å². The number of hydrogen-bond donors (Lipinski definition) is 1. The van der Waals surface area contributed by atoms with Gasteiger partial charge >= 0.3 is 0 Å². The Labute approximate surface area is 174 Å². The molecule has 1 aromatic heterocycles. The van der Waals surface area contributed by atoms with Gasteiger partial charge in [-0.1, -0.05) is 31.4 Å². The second-order valence-corrected chi connectivity index (χ2v) is 7.41. The molecule has 158 valence electrons. The molecule has 0 saturated heterocycles. The van der Waals surface area contributed by atoms with E-state index in [0.717, 1.165) is 36.6 Å². The van der Waals surface area contributed by atoms with Crippen molar-refractivity contribution in [2.75, 3.05) is 27.4 Å². The van der Waals surface area contributed by atoms with Gasteiger partial charge in [-0.15, -0.1) is 0 Å². The Morgan fingerprint density at radius 2 is 1.76 bits per heavy atom. The molecule has 29 heavy (non-hydrogen) atoms. The average molecular weight is 400 g/mol. The number of methoxy groups -OCH3 is 2. The third kappa shape index (κ3) is 5.60. The van der Waals surface area contributed by atoms with Crippen LogP contribution in [0.1, 0.15) is 37.4 Å².